The monoisotopic (exact) mass is 860 g/mol. The SMILES string of the molecule is CN(CCN(CCOCCO)C(=O)Oc1ccc2c(c1)[C@@]1(C)CCC[C@](C)(C(=O)NC(=O)[C@@]3(C)CCC[C@]4(C)c5cc(NC(=O)O)ccc5CC[C@@H]34)[C@@H]1CC2)C(=O)OC(C)(C)C. The molecule has 0 aliphatic heterocycles. The van der Waals surface area contributed by atoms with E-state index in [1.807, 2.05) is 38.1 Å². The number of aryl methyl sites for hydroxylation is 2. The number of anilines is 1. The molecule has 4 aliphatic carbocycles. The largest absolute Gasteiger partial charge is 0.465 e. The number of ether oxygens (including phenoxy) is 3. The molecule has 340 valence electrons. The molecule has 6 atom stereocenters. The smallest absolute Gasteiger partial charge is 0.415 e. The van der Waals surface area contributed by atoms with Crippen LogP contribution in [0.5, 0.6) is 5.75 Å². The van der Waals surface area contributed by atoms with E-state index in [9.17, 15) is 34.2 Å². The zero-order valence-electron chi connectivity index (χ0n) is 38.0. The van der Waals surface area contributed by atoms with Crippen molar-refractivity contribution in [2.75, 3.05) is 51.8 Å². The van der Waals surface area contributed by atoms with Gasteiger partial charge in [-0.3, -0.25) is 20.2 Å². The Morgan fingerprint density at radius 3 is 1.87 bits per heavy atom. The summed E-state index contributed by atoms with van der Waals surface area (Å²) in [5.74, 6) is -0.213. The number of hydrogen-bond acceptors (Lipinski definition) is 9. The molecule has 14 heteroatoms. The molecule has 0 unspecified atom stereocenters. The van der Waals surface area contributed by atoms with Crippen LogP contribution in [0.4, 0.5) is 20.1 Å². The number of aliphatic hydroxyl groups excluding tert-OH is 1. The lowest BCUT2D eigenvalue weighted by Gasteiger charge is -2.56. The Hall–Kier alpha value is -4.69. The van der Waals surface area contributed by atoms with E-state index in [2.05, 4.69) is 24.5 Å². The third kappa shape index (κ3) is 9.46. The number of imide groups is 1. The number of aliphatic hydroxyl groups is 1. The van der Waals surface area contributed by atoms with Crippen LogP contribution in [0, 0.1) is 22.7 Å². The van der Waals surface area contributed by atoms with Gasteiger partial charge in [0.05, 0.1) is 30.7 Å². The van der Waals surface area contributed by atoms with Gasteiger partial charge in [0.2, 0.25) is 11.8 Å². The van der Waals surface area contributed by atoms with Gasteiger partial charge >= 0.3 is 18.3 Å². The number of hydrogen-bond donors (Lipinski definition) is 4. The Labute approximate surface area is 366 Å². The lowest BCUT2D eigenvalue weighted by Crippen LogP contribution is -2.60. The second-order valence-corrected chi connectivity index (χ2v) is 20.1. The predicted octanol–water partition coefficient (Wildman–Crippen LogP) is 7.82. The van der Waals surface area contributed by atoms with Gasteiger partial charge in [-0.25, -0.2) is 14.4 Å². The number of amides is 5. The van der Waals surface area contributed by atoms with Crippen LogP contribution >= 0.6 is 0 Å². The van der Waals surface area contributed by atoms with Gasteiger partial charge < -0.3 is 34.2 Å². The molecule has 0 aromatic heterocycles. The normalized spacial score (nSPS) is 27.6. The molecule has 14 nitrogen and oxygen atoms in total. The number of benzene rings is 2. The van der Waals surface area contributed by atoms with E-state index in [0.29, 0.717) is 24.3 Å². The van der Waals surface area contributed by atoms with Crippen LogP contribution in [-0.2, 0) is 42.7 Å². The number of carboxylic acid groups (broad SMARTS) is 1. The summed E-state index contributed by atoms with van der Waals surface area (Å²) in [5.41, 5.74) is 1.86. The standard InChI is InChI=1S/C48H68N4O10/c1-44(2,3)62-42(58)51(8)23-24-52(25-27-60-28-26-53)43(59)61-34-16-12-32-14-18-38-46(5,36(32)30-34)20-10-22-48(38,7)40(55)50-39(54)47(6)21-9-19-45(4)35-29-33(49-41(56)57)15-11-31(35)13-17-37(45)47/h11-12,15-16,29-30,37-38,49,53H,9-10,13-14,17-28H2,1-8H3,(H,56,57)(H,50,54,55)/t37-,38-,45-,46-,47+,48+/m1/s1. The zero-order chi connectivity index (χ0) is 45.3. The van der Waals surface area contributed by atoms with Crippen LogP contribution < -0.4 is 15.4 Å². The molecule has 4 N–H and O–H groups in total. The molecule has 2 aromatic rings. The van der Waals surface area contributed by atoms with E-state index in [0.717, 1.165) is 68.1 Å². The topological polar surface area (TPSA) is 184 Å². The summed E-state index contributed by atoms with van der Waals surface area (Å²) < 4.78 is 17.0. The van der Waals surface area contributed by atoms with Crippen LogP contribution in [0.25, 0.3) is 0 Å². The maximum Gasteiger partial charge on any atom is 0.415 e. The van der Waals surface area contributed by atoms with E-state index in [4.69, 9.17) is 14.2 Å². The minimum atomic E-state index is -1.12. The Kier molecular flexibility index (Phi) is 13.7. The molecular weight excluding hydrogens is 793 g/mol. The van der Waals surface area contributed by atoms with Gasteiger partial charge in [0.15, 0.2) is 0 Å². The van der Waals surface area contributed by atoms with Crippen LogP contribution in [-0.4, -0.2) is 102 Å². The number of fused-ring (bicyclic) bond motifs is 6. The third-order valence-corrected chi connectivity index (χ3v) is 14.8. The number of carbonyl (C=O) groups is 5. The first-order chi connectivity index (χ1) is 29.1. The van der Waals surface area contributed by atoms with E-state index in [-0.39, 0.29) is 68.5 Å². The highest BCUT2D eigenvalue weighted by Crippen LogP contribution is 2.60. The average molecular weight is 861 g/mol. The molecule has 0 radical (unpaired) electrons. The highest BCUT2D eigenvalue weighted by molar-refractivity contribution is 6.01. The molecule has 2 fully saturated rings. The predicted molar refractivity (Wildman–Crippen MR) is 234 cm³/mol. The molecule has 0 bridgehead atoms. The summed E-state index contributed by atoms with van der Waals surface area (Å²) in [6.07, 6.45) is 5.45. The van der Waals surface area contributed by atoms with Crippen LogP contribution in [0.3, 0.4) is 0 Å². The van der Waals surface area contributed by atoms with Crippen molar-refractivity contribution < 1.29 is 48.4 Å². The van der Waals surface area contributed by atoms with Gasteiger partial charge in [-0.15, -0.1) is 0 Å². The van der Waals surface area contributed by atoms with Crippen LogP contribution in [0.1, 0.15) is 122 Å². The van der Waals surface area contributed by atoms with E-state index < -0.39 is 40.1 Å². The summed E-state index contributed by atoms with van der Waals surface area (Å²) in [6, 6.07) is 11.5. The van der Waals surface area contributed by atoms with E-state index >= 15 is 0 Å². The molecule has 2 aromatic carbocycles. The number of likely N-dealkylation sites (N-methyl/N-ethyl adjacent to an activating group) is 1. The van der Waals surface area contributed by atoms with Crippen molar-refractivity contribution in [2.45, 2.75) is 129 Å². The maximum absolute atomic E-state index is 14.7. The van der Waals surface area contributed by atoms with Crippen LogP contribution in [0.2, 0.25) is 0 Å². The number of nitrogens with zero attached hydrogens (tertiary/aromatic N) is 2. The zero-order valence-corrected chi connectivity index (χ0v) is 38.0. The summed E-state index contributed by atoms with van der Waals surface area (Å²) in [6.45, 7) is 14.5. The molecule has 0 heterocycles. The fourth-order valence-electron chi connectivity index (χ4n) is 11.6. The Morgan fingerprint density at radius 2 is 1.32 bits per heavy atom. The maximum atomic E-state index is 14.7. The van der Waals surface area contributed by atoms with Crippen molar-refractivity contribution in [3.63, 3.8) is 0 Å². The fraction of sp³-hybridized carbons (Fsp3) is 0.646. The second-order valence-electron chi connectivity index (χ2n) is 20.1. The average Bonchev–Trinajstić information content (AvgIpc) is 3.19. The van der Waals surface area contributed by atoms with Gasteiger partial charge in [-0.05, 0) is 141 Å². The number of rotatable bonds is 12. The highest BCUT2D eigenvalue weighted by Gasteiger charge is 2.58. The molecule has 2 saturated carbocycles. The van der Waals surface area contributed by atoms with Gasteiger partial charge in [-0.2, -0.15) is 0 Å². The van der Waals surface area contributed by atoms with Gasteiger partial charge in [-0.1, -0.05) is 52.7 Å². The summed E-state index contributed by atoms with van der Waals surface area (Å²) in [5, 5.41) is 24.1. The fourth-order valence-corrected chi connectivity index (χ4v) is 11.6. The third-order valence-electron chi connectivity index (χ3n) is 14.8. The molecule has 6 rings (SSSR count). The number of nitrogens with one attached hydrogen (secondary N) is 2. The Morgan fingerprint density at radius 1 is 0.758 bits per heavy atom. The molecular formula is C48H68N4O10. The lowest BCUT2D eigenvalue weighted by molar-refractivity contribution is -0.150. The summed E-state index contributed by atoms with van der Waals surface area (Å²) in [4.78, 5) is 70.1. The van der Waals surface area contributed by atoms with Crippen molar-refractivity contribution in [3.8, 4) is 5.75 Å². The van der Waals surface area contributed by atoms with Gasteiger partial charge in [0.1, 0.15) is 11.4 Å². The molecule has 4 aliphatic rings. The Balaban J connectivity index is 1.18. The molecule has 62 heavy (non-hydrogen) atoms. The van der Waals surface area contributed by atoms with Crippen molar-refractivity contribution in [1.29, 1.82) is 0 Å². The first-order valence-corrected chi connectivity index (χ1v) is 22.4. The second kappa shape index (κ2) is 18.2. The first kappa shape index (κ1) is 46.8. The Bertz CT molecular complexity index is 2030. The van der Waals surface area contributed by atoms with Crippen molar-refractivity contribution in [3.05, 3.63) is 58.7 Å². The minimum absolute atomic E-state index is 0.0360. The lowest BCUT2D eigenvalue weighted by atomic mass is 9.49. The van der Waals surface area contributed by atoms with E-state index in [1.165, 1.54) is 15.4 Å². The van der Waals surface area contributed by atoms with Gasteiger partial charge in [0.25, 0.3) is 0 Å². The quantitative estimate of drug-likeness (QED) is 0.121. The summed E-state index contributed by atoms with van der Waals surface area (Å²) in [7, 11) is 1.61. The first-order valence-electron chi connectivity index (χ1n) is 22.4. The van der Waals surface area contributed by atoms with E-state index in [1.54, 1.807) is 40.0 Å². The van der Waals surface area contributed by atoms with Crippen molar-refractivity contribution in [1.82, 2.24) is 15.1 Å². The molecule has 5 amide bonds. The molecule has 0 saturated heterocycles. The molecule has 0 spiro atoms. The minimum Gasteiger partial charge on any atom is -0.465 e. The van der Waals surface area contributed by atoms with Crippen LogP contribution in [0.15, 0.2) is 36.4 Å². The highest BCUT2D eigenvalue weighted by atomic mass is 16.6. The van der Waals surface area contributed by atoms with Crippen molar-refractivity contribution in [2.24, 2.45) is 22.7 Å². The van der Waals surface area contributed by atoms with Crippen molar-refractivity contribution >= 4 is 35.8 Å². The summed E-state index contributed by atoms with van der Waals surface area (Å²) >= 11 is 0. The number of carbonyl (C=O) groups excluding carboxylic acids is 4. The van der Waals surface area contributed by atoms with Gasteiger partial charge in [0, 0.05) is 32.4 Å².